The van der Waals surface area contributed by atoms with Crippen molar-refractivity contribution in [1.29, 1.82) is 5.26 Å². The number of pyridine rings is 1. The van der Waals surface area contributed by atoms with Crippen LogP contribution in [0.4, 0.5) is 5.82 Å². The van der Waals surface area contributed by atoms with Crippen LogP contribution in [0.25, 0.3) is 10.9 Å². The normalized spacial score (nSPS) is 10.3. The second-order valence-corrected chi connectivity index (χ2v) is 6.80. The number of carbonyl (C=O) groups excluding carboxylic acids is 1. The van der Waals surface area contributed by atoms with Gasteiger partial charge in [-0.3, -0.25) is 4.79 Å². The predicted molar refractivity (Wildman–Crippen MR) is 106 cm³/mol. The topological polar surface area (TPSA) is 77.8 Å². The molecular weight excluding hydrogens is 392 g/mol. The summed E-state index contributed by atoms with van der Waals surface area (Å²) in [6.07, 6.45) is 0. The van der Waals surface area contributed by atoms with Gasteiger partial charge in [0.15, 0.2) is 0 Å². The van der Waals surface area contributed by atoms with Crippen LogP contribution in [0.5, 0.6) is 0 Å². The molecular formula is C20H17BrN4O. The fourth-order valence-electron chi connectivity index (χ4n) is 2.56. The first kappa shape index (κ1) is 17.9. The Kier molecular flexibility index (Phi) is 5.49. The van der Waals surface area contributed by atoms with Crippen LogP contribution in [-0.4, -0.2) is 24.0 Å². The first-order chi connectivity index (χ1) is 12.6. The van der Waals surface area contributed by atoms with Crippen LogP contribution in [-0.2, 0) is 0 Å². The van der Waals surface area contributed by atoms with Crippen LogP contribution in [0.1, 0.15) is 21.5 Å². The van der Waals surface area contributed by atoms with Crippen LogP contribution >= 0.6 is 15.9 Å². The van der Waals surface area contributed by atoms with E-state index in [4.69, 9.17) is 0 Å². The molecule has 0 fully saturated rings. The molecule has 0 saturated heterocycles. The zero-order chi connectivity index (χ0) is 18.5. The van der Waals surface area contributed by atoms with Crippen molar-refractivity contribution in [2.75, 3.05) is 18.4 Å². The Morgan fingerprint density at radius 3 is 2.65 bits per heavy atom. The molecule has 3 aromatic rings. The van der Waals surface area contributed by atoms with Crippen molar-refractivity contribution in [1.82, 2.24) is 10.3 Å². The highest BCUT2D eigenvalue weighted by molar-refractivity contribution is 9.10. The molecule has 0 aliphatic heterocycles. The summed E-state index contributed by atoms with van der Waals surface area (Å²) in [4.78, 5) is 16.6. The summed E-state index contributed by atoms with van der Waals surface area (Å²) >= 11 is 3.34. The van der Waals surface area contributed by atoms with Crippen molar-refractivity contribution in [2.45, 2.75) is 6.92 Å². The lowest BCUT2D eigenvalue weighted by Gasteiger charge is -2.10. The van der Waals surface area contributed by atoms with Crippen molar-refractivity contribution in [2.24, 2.45) is 0 Å². The molecule has 26 heavy (non-hydrogen) atoms. The minimum Gasteiger partial charge on any atom is -0.367 e. The van der Waals surface area contributed by atoms with E-state index in [9.17, 15) is 10.1 Å². The number of carbonyl (C=O) groups is 1. The first-order valence-electron chi connectivity index (χ1n) is 8.16. The number of halogens is 1. The van der Waals surface area contributed by atoms with Crippen LogP contribution in [0, 0.1) is 18.3 Å². The third-order valence-electron chi connectivity index (χ3n) is 3.90. The number of benzene rings is 2. The molecule has 0 aliphatic carbocycles. The zero-order valence-electron chi connectivity index (χ0n) is 14.2. The minimum absolute atomic E-state index is 0.137. The molecule has 0 saturated carbocycles. The molecule has 130 valence electrons. The number of rotatable bonds is 5. The number of nitriles is 1. The lowest BCUT2D eigenvalue weighted by Crippen LogP contribution is -2.29. The maximum atomic E-state index is 12.1. The lowest BCUT2D eigenvalue weighted by molar-refractivity contribution is 0.0955. The molecule has 1 aromatic heterocycles. The Morgan fingerprint density at radius 2 is 1.92 bits per heavy atom. The SMILES string of the molecule is Cc1ccc2cc(C#N)c(NCCNC(=O)c3ccc(Br)cc3)nc2c1. The van der Waals surface area contributed by atoms with Gasteiger partial charge in [-0.15, -0.1) is 0 Å². The monoisotopic (exact) mass is 408 g/mol. The van der Waals surface area contributed by atoms with Gasteiger partial charge in [0, 0.05) is 28.5 Å². The molecule has 2 aromatic carbocycles. The van der Waals surface area contributed by atoms with Gasteiger partial charge in [0.2, 0.25) is 0 Å². The summed E-state index contributed by atoms with van der Waals surface area (Å²) < 4.78 is 0.928. The fourth-order valence-corrected chi connectivity index (χ4v) is 2.82. The van der Waals surface area contributed by atoms with Gasteiger partial charge in [-0.25, -0.2) is 4.98 Å². The standard InChI is InChI=1S/C20H17BrN4O/c1-13-2-3-15-11-16(12-22)19(25-18(15)10-13)23-8-9-24-20(26)14-4-6-17(21)7-5-14/h2-7,10-11H,8-9H2,1H3,(H,23,25)(H,24,26). The second-order valence-electron chi connectivity index (χ2n) is 5.88. The van der Waals surface area contributed by atoms with Gasteiger partial charge in [0.05, 0.1) is 11.1 Å². The number of anilines is 1. The highest BCUT2D eigenvalue weighted by atomic mass is 79.9. The van der Waals surface area contributed by atoms with Crippen molar-refractivity contribution in [3.05, 3.63) is 69.7 Å². The molecule has 0 radical (unpaired) electrons. The van der Waals surface area contributed by atoms with Crippen molar-refractivity contribution >= 4 is 38.6 Å². The smallest absolute Gasteiger partial charge is 0.251 e. The Labute approximate surface area is 160 Å². The van der Waals surface area contributed by atoms with Gasteiger partial charge in [-0.2, -0.15) is 5.26 Å². The molecule has 0 bridgehead atoms. The summed E-state index contributed by atoms with van der Waals surface area (Å²) in [7, 11) is 0. The van der Waals surface area contributed by atoms with E-state index in [0.29, 0.717) is 30.0 Å². The maximum absolute atomic E-state index is 12.1. The first-order valence-corrected chi connectivity index (χ1v) is 8.95. The largest absolute Gasteiger partial charge is 0.367 e. The number of amides is 1. The van der Waals surface area contributed by atoms with Crippen LogP contribution in [0.2, 0.25) is 0 Å². The van der Waals surface area contributed by atoms with E-state index < -0.39 is 0 Å². The van der Waals surface area contributed by atoms with Crippen molar-refractivity contribution in [3.63, 3.8) is 0 Å². The maximum Gasteiger partial charge on any atom is 0.251 e. The molecule has 1 heterocycles. The van der Waals surface area contributed by atoms with Gasteiger partial charge < -0.3 is 10.6 Å². The quantitative estimate of drug-likeness (QED) is 0.624. The Balaban J connectivity index is 1.63. The Morgan fingerprint density at radius 1 is 1.15 bits per heavy atom. The molecule has 2 N–H and O–H groups in total. The van der Waals surface area contributed by atoms with Gasteiger partial charge in [0.25, 0.3) is 5.91 Å². The molecule has 0 unspecified atom stereocenters. The second kappa shape index (κ2) is 7.98. The van der Waals surface area contributed by atoms with Gasteiger partial charge >= 0.3 is 0 Å². The summed E-state index contributed by atoms with van der Waals surface area (Å²) in [5.74, 6) is 0.394. The Bertz CT molecular complexity index is 993. The highest BCUT2D eigenvalue weighted by Gasteiger charge is 2.08. The number of aromatic nitrogens is 1. The number of hydrogen-bond acceptors (Lipinski definition) is 4. The molecule has 0 aliphatic rings. The van der Waals surface area contributed by atoms with Crippen LogP contribution in [0.15, 0.2) is 53.0 Å². The number of aryl methyl sites for hydroxylation is 1. The number of nitrogens with one attached hydrogen (secondary N) is 2. The average molecular weight is 409 g/mol. The van der Waals surface area contributed by atoms with E-state index in [0.717, 1.165) is 20.9 Å². The highest BCUT2D eigenvalue weighted by Crippen LogP contribution is 2.20. The molecule has 0 spiro atoms. The van der Waals surface area contributed by atoms with Crippen molar-refractivity contribution < 1.29 is 4.79 Å². The van der Waals surface area contributed by atoms with Crippen LogP contribution < -0.4 is 10.6 Å². The summed E-state index contributed by atoms with van der Waals surface area (Å²) in [5.41, 5.74) is 3.04. The average Bonchev–Trinajstić information content (AvgIpc) is 2.64. The summed E-state index contributed by atoms with van der Waals surface area (Å²) in [6.45, 7) is 2.90. The summed E-state index contributed by atoms with van der Waals surface area (Å²) in [6, 6.07) is 17.1. The van der Waals surface area contributed by atoms with Gasteiger partial charge in [0.1, 0.15) is 11.9 Å². The van der Waals surface area contributed by atoms with E-state index in [1.165, 1.54) is 0 Å². The molecule has 1 amide bonds. The predicted octanol–water partition coefficient (Wildman–Crippen LogP) is 4.02. The van der Waals surface area contributed by atoms with E-state index in [2.05, 4.69) is 37.6 Å². The van der Waals surface area contributed by atoms with E-state index in [-0.39, 0.29) is 5.91 Å². The molecule has 5 nitrogen and oxygen atoms in total. The number of fused-ring (bicyclic) bond motifs is 1. The summed E-state index contributed by atoms with van der Waals surface area (Å²) in [5, 5.41) is 16.3. The lowest BCUT2D eigenvalue weighted by atomic mass is 10.1. The third kappa shape index (κ3) is 4.19. The van der Waals surface area contributed by atoms with E-state index >= 15 is 0 Å². The zero-order valence-corrected chi connectivity index (χ0v) is 15.8. The van der Waals surface area contributed by atoms with Crippen LogP contribution in [0.3, 0.4) is 0 Å². The van der Waals surface area contributed by atoms with Gasteiger partial charge in [-0.05, 0) is 48.9 Å². The van der Waals surface area contributed by atoms with E-state index in [1.54, 1.807) is 12.1 Å². The minimum atomic E-state index is -0.137. The molecule has 0 atom stereocenters. The number of hydrogen-bond donors (Lipinski definition) is 2. The number of nitrogens with zero attached hydrogens (tertiary/aromatic N) is 2. The molecule has 3 rings (SSSR count). The Hall–Kier alpha value is -2.91. The third-order valence-corrected chi connectivity index (χ3v) is 4.43. The van der Waals surface area contributed by atoms with Gasteiger partial charge in [-0.1, -0.05) is 28.1 Å². The van der Waals surface area contributed by atoms with Crippen molar-refractivity contribution in [3.8, 4) is 6.07 Å². The fraction of sp³-hybridized carbons (Fsp3) is 0.150. The van der Waals surface area contributed by atoms with E-state index in [1.807, 2.05) is 43.3 Å². The molecule has 6 heteroatoms.